The van der Waals surface area contributed by atoms with Gasteiger partial charge in [0.05, 0.1) is 11.6 Å². The molecule has 136 valence electrons. The zero-order valence-electron chi connectivity index (χ0n) is 14.9. The first-order chi connectivity index (χ1) is 12.7. The number of benzene rings is 2. The second-order valence-corrected chi connectivity index (χ2v) is 7.52. The van der Waals surface area contributed by atoms with Gasteiger partial charge in [-0.15, -0.1) is 11.8 Å². The Labute approximate surface area is 158 Å². The van der Waals surface area contributed by atoms with Crippen LogP contribution in [0, 0.1) is 0 Å². The van der Waals surface area contributed by atoms with E-state index in [0.717, 1.165) is 29.9 Å². The van der Waals surface area contributed by atoms with Crippen molar-refractivity contribution in [3.05, 3.63) is 65.2 Å². The van der Waals surface area contributed by atoms with E-state index in [1.165, 1.54) is 11.1 Å². The number of fused-ring (bicyclic) bond motifs is 1. The lowest BCUT2D eigenvalue weighted by molar-refractivity contribution is -0.125. The van der Waals surface area contributed by atoms with E-state index >= 15 is 0 Å². The van der Waals surface area contributed by atoms with Gasteiger partial charge in [0.2, 0.25) is 0 Å². The van der Waals surface area contributed by atoms with Crippen LogP contribution in [0.25, 0.3) is 0 Å². The molecule has 1 amide bonds. The zero-order valence-corrected chi connectivity index (χ0v) is 15.7. The van der Waals surface area contributed by atoms with Crippen molar-refractivity contribution in [2.45, 2.75) is 37.1 Å². The van der Waals surface area contributed by atoms with Crippen LogP contribution in [0.15, 0.2) is 53.4 Å². The van der Waals surface area contributed by atoms with E-state index in [1.807, 2.05) is 31.2 Å². The summed E-state index contributed by atoms with van der Waals surface area (Å²) in [6.45, 7) is 1.77. The molecule has 0 radical (unpaired) electrons. The van der Waals surface area contributed by atoms with Gasteiger partial charge in [-0.2, -0.15) is 0 Å². The lowest BCUT2D eigenvalue weighted by Crippen LogP contribution is -2.34. The monoisotopic (exact) mass is 369 g/mol. The molecule has 0 aromatic heterocycles. The number of thioether (sulfide) groups is 1. The minimum Gasteiger partial charge on any atom is -0.452 e. The molecule has 2 aromatic carbocycles. The van der Waals surface area contributed by atoms with Crippen molar-refractivity contribution in [1.82, 2.24) is 5.32 Å². The summed E-state index contributed by atoms with van der Waals surface area (Å²) >= 11 is 1.58. The van der Waals surface area contributed by atoms with Gasteiger partial charge in [0.1, 0.15) is 0 Å². The van der Waals surface area contributed by atoms with E-state index in [1.54, 1.807) is 23.9 Å². The van der Waals surface area contributed by atoms with Crippen LogP contribution in [-0.4, -0.2) is 24.2 Å². The molecular weight excluding hydrogens is 346 g/mol. The third-order valence-corrected chi connectivity index (χ3v) is 5.40. The number of ether oxygens (including phenoxy) is 1. The predicted molar refractivity (Wildman–Crippen MR) is 103 cm³/mol. The molecule has 3 rings (SSSR count). The third kappa shape index (κ3) is 4.47. The summed E-state index contributed by atoms with van der Waals surface area (Å²) in [5.74, 6) is 0.146. The Morgan fingerprint density at radius 3 is 2.77 bits per heavy atom. The van der Waals surface area contributed by atoms with Crippen molar-refractivity contribution in [3.8, 4) is 0 Å². The highest BCUT2D eigenvalue weighted by atomic mass is 32.2. The highest BCUT2D eigenvalue weighted by Gasteiger charge is 2.22. The normalized spacial score (nSPS) is 15.8. The number of nitrogens with one attached hydrogen (secondary N) is 1. The zero-order chi connectivity index (χ0) is 18.4. The summed E-state index contributed by atoms with van der Waals surface area (Å²) in [4.78, 5) is 25.5. The maximum absolute atomic E-state index is 12.3. The second-order valence-electron chi connectivity index (χ2n) is 6.22. The average Bonchev–Trinajstić information content (AvgIpc) is 2.67. The molecule has 2 aromatic rings. The fourth-order valence-electron chi connectivity index (χ4n) is 3.27. The van der Waals surface area contributed by atoms with E-state index in [-0.39, 0.29) is 18.6 Å². The van der Waals surface area contributed by atoms with Crippen LogP contribution in [0.4, 0.5) is 0 Å². The van der Waals surface area contributed by atoms with Gasteiger partial charge in [0, 0.05) is 4.90 Å². The summed E-state index contributed by atoms with van der Waals surface area (Å²) in [7, 11) is 0. The van der Waals surface area contributed by atoms with E-state index in [9.17, 15) is 9.59 Å². The van der Waals surface area contributed by atoms with Gasteiger partial charge in [-0.1, -0.05) is 43.3 Å². The quantitative estimate of drug-likeness (QED) is 0.614. The van der Waals surface area contributed by atoms with Crippen molar-refractivity contribution in [2.24, 2.45) is 0 Å². The molecule has 26 heavy (non-hydrogen) atoms. The maximum atomic E-state index is 12.3. The number of aryl methyl sites for hydroxylation is 1. The average molecular weight is 369 g/mol. The number of hydrogen-bond acceptors (Lipinski definition) is 4. The molecule has 0 fully saturated rings. The molecule has 5 heteroatoms. The van der Waals surface area contributed by atoms with E-state index in [4.69, 9.17) is 4.74 Å². The topological polar surface area (TPSA) is 55.4 Å². The summed E-state index contributed by atoms with van der Waals surface area (Å²) in [5, 5.41) is 3.00. The number of rotatable bonds is 6. The van der Waals surface area contributed by atoms with Crippen molar-refractivity contribution >= 4 is 23.6 Å². The summed E-state index contributed by atoms with van der Waals surface area (Å²) in [6, 6.07) is 15.5. The van der Waals surface area contributed by atoms with Crippen LogP contribution in [-0.2, 0) is 16.0 Å². The number of hydrogen-bond donors (Lipinski definition) is 1. The molecule has 1 atom stereocenters. The molecule has 0 saturated carbocycles. The molecular formula is C21H23NO3S. The standard InChI is InChI=1S/C21H23NO3S/c1-2-26-19-13-6-5-11-17(19)21(24)25-14-20(23)22-18-12-7-9-15-8-3-4-10-16(15)18/h3-6,8,10-11,13,18H,2,7,9,12,14H2,1H3,(H,22,23)/t18-/m1/s1. The minimum atomic E-state index is -0.458. The third-order valence-electron chi connectivity index (χ3n) is 4.45. The molecule has 0 spiro atoms. The van der Waals surface area contributed by atoms with Crippen LogP contribution in [0.2, 0.25) is 0 Å². The number of amides is 1. The largest absolute Gasteiger partial charge is 0.452 e. The van der Waals surface area contributed by atoms with Crippen molar-refractivity contribution < 1.29 is 14.3 Å². The first-order valence-corrected chi connectivity index (χ1v) is 9.93. The Kier molecular flexibility index (Phi) is 6.34. The van der Waals surface area contributed by atoms with Crippen molar-refractivity contribution in [2.75, 3.05) is 12.4 Å². The van der Waals surface area contributed by atoms with Crippen molar-refractivity contribution in [1.29, 1.82) is 0 Å². The van der Waals surface area contributed by atoms with Crippen LogP contribution in [0.1, 0.15) is 47.3 Å². The molecule has 1 N–H and O–H groups in total. The highest BCUT2D eigenvalue weighted by molar-refractivity contribution is 7.99. The highest BCUT2D eigenvalue weighted by Crippen LogP contribution is 2.29. The van der Waals surface area contributed by atoms with Gasteiger partial charge in [0.15, 0.2) is 6.61 Å². The Morgan fingerprint density at radius 2 is 1.92 bits per heavy atom. The molecule has 0 saturated heterocycles. The summed E-state index contributed by atoms with van der Waals surface area (Å²) in [6.07, 6.45) is 3.00. The second kappa shape index (κ2) is 8.90. The first-order valence-electron chi connectivity index (χ1n) is 8.95. The Balaban J connectivity index is 1.58. The molecule has 0 unspecified atom stereocenters. The number of carbonyl (C=O) groups excluding carboxylic acids is 2. The summed E-state index contributed by atoms with van der Waals surface area (Å²) in [5.41, 5.74) is 2.96. The Hall–Kier alpha value is -2.27. The Bertz CT molecular complexity index is 790. The van der Waals surface area contributed by atoms with Gasteiger partial charge in [-0.3, -0.25) is 4.79 Å². The molecule has 0 bridgehead atoms. The Morgan fingerprint density at radius 1 is 1.15 bits per heavy atom. The first kappa shape index (κ1) is 18.5. The SMILES string of the molecule is CCSc1ccccc1C(=O)OCC(=O)N[C@@H]1CCCc2ccccc21. The summed E-state index contributed by atoms with van der Waals surface area (Å²) < 4.78 is 5.24. The van der Waals surface area contributed by atoms with Gasteiger partial charge in [-0.25, -0.2) is 4.79 Å². The lowest BCUT2D eigenvalue weighted by atomic mass is 9.88. The predicted octanol–water partition coefficient (Wildman–Crippen LogP) is 4.15. The fourth-order valence-corrected chi connectivity index (χ4v) is 4.06. The minimum absolute atomic E-state index is 0.00548. The van der Waals surface area contributed by atoms with Crippen LogP contribution in [0.5, 0.6) is 0 Å². The van der Waals surface area contributed by atoms with Crippen LogP contribution >= 0.6 is 11.8 Å². The van der Waals surface area contributed by atoms with E-state index in [0.29, 0.717) is 5.56 Å². The molecule has 0 heterocycles. The van der Waals surface area contributed by atoms with E-state index in [2.05, 4.69) is 17.4 Å². The molecule has 0 aliphatic heterocycles. The van der Waals surface area contributed by atoms with Gasteiger partial charge < -0.3 is 10.1 Å². The molecule has 1 aliphatic carbocycles. The number of esters is 1. The number of carbonyl (C=O) groups is 2. The van der Waals surface area contributed by atoms with Crippen LogP contribution in [0.3, 0.4) is 0 Å². The van der Waals surface area contributed by atoms with Gasteiger partial charge in [-0.05, 0) is 48.3 Å². The van der Waals surface area contributed by atoms with Crippen molar-refractivity contribution in [3.63, 3.8) is 0 Å². The molecule has 4 nitrogen and oxygen atoms in total. The van der Waals surface area contributed by atoms with Crippen LogP contribution < -0.4 is 5.32 Å². The lowest BCUT2D eigenvalue weighted by Gasteiger charge is -2.26. The maximum Gasteiger partial charge on any atom is 0.339 e. The van der Waals surface area contributed by atoms with E-state index < -0.39 is 5.97 Å². The van der Waals surface area contributed by atoms with Gasteiger partial charge >= 0.3 is 5.97 Å². The molecule has 1 aliphatic rings. The van der Waals surface area contributed by atoms with Gasteiger partial charge in [0.25, 0.3) is 5.91 Å². The fraction of sp³-hybridized carbons (Fsp3) is 0.333. The smallest absolute Gasteiger partial charge is 0.339 e.